The van der Waals surface area contributed by atoms with Gasteiger partial charge >= 0.3 is 0 Å². The number of hydrogen-bond acceptors (Lipinski definition) is 6. The first kappa shape index (κ1) is 32.2. The van der Waals surface area contributed by atoms with Crippen LogP contribution in [0.4, 0.5) is 5.69 Å². The molecule has 5 rings (SSSR count). The molecular weight excluding hydrogens is 605 g/mol. The van der Waals surface area contributed by atoms with E-state index in [1.165, 1.54) is 6.92 Å². The third-order valence-corrected chi connectivity index (χ3v) is 9.29. The van der Waals surface area contributed by atoms with Crippen molar-refractivity contribution in [3.63, 3.8) is 0 Å². The summed E-state index contributed by atoms with van der Waals surface area (Å²) in [5, 5.41) is 15.8. The maximum absolute atomic E-state index is 13.2. The molecule has 2 amide bonds. The van der Waals surface area contributed by atoms with E-state index in [9.17, 15) is 14.7 Å². The number of piperazine rings is 1. The molecule has 0 bridgehead atoms. The van der Waals surface area contributed by atoms with E-state index in [4.69, 9.17) is 34.8 Å². The first-order valence-corrected chi connectivity index (χ1v) is 14.9. The van der Waals surface area contributed by atoms with Crippen LogP contribution in [0.25, 0.3) is 0 Å². The fraction of sp³-hybridized carbons (Fsp3) is 0.517. The van der Waals surface area contributed by atoms with Gasteiger partial charge in [-0.25, -0.2) is 0 Å². The normalized spacial score (nSPS) is 20.6. The van der Waals surface area contributed by atoms with Crippen LogP contribution in [0.2, 0.25) is 15.1 Å². The van der Waals surface area contributed by atoms with Crippen LogP contribution in [0.15, 0.2) is 36.4 Å². The van der Waals surface area contributed by atoms with Crippen LogP contribution < -0.4 is 5.32 Å². The summed E-state index contributed by atoms with van der Waals surface area (Å²) in [6.45, 7) is 7.59. The molecule has 3 heterocycles. The number of aliphatic hydroxyl groups is 1. The van der Waals surface area contributed by atoms with Crippen molar-refractivity contribution in [2.24, 2.45) is 0 Å². The summed E-state index contributed by atoms with van der Waals surface area (Å²) in [7, 11) is 2.06. The van der Waals surface area contributed by atoms with Crippen molar-refractivity contribution in [1.82, 2.24) is 19.6 Å². The molecule has 1 atom stereocenters. The van der Waals surface area contributed by atoms with E-state index in [1.54, 1.807) is 23.1 Å². The van der Waals surface area contributed by atoms with Gasteiger partial charge in [0.1, 0.15) is 0 Å². The Morgan fingerprint density at radius 3 is 2.20 bits per heavy atom. The lowest BCUT2D eigenvalue weighted by Gasteiger charge is -2.48. The number of anilines is 1. The van der Waals surface area contributed by atoms with Crippen LogP contribution in [-0.4, -0.2) is 108 Å². The Kier molecular flexibility index (Phi) is 10.4. The summed E-state index contributed by atoms with van der Waals surface area (Å²) in [4.78, 5) is 34.4. The molecule has 0 radical (unpaired) electrons. The molecule has 41 heavy (non-hydrogen) atoms. The largest absolute Gasteiger partial charge is 0.380 e. The SMILES string of the molecule is CN1CCN(C(=O)c2ccc(NC3CN(C4CCN(C(=O)[C@@](C)(O)c5cc(Cl)ccc5Cl)CC4)C3)cc2Cl)CC1.S. The lowest BCUT2D eigenvalue weighted by atomic mass is 9.92. The fourth-order valence-electron chi connectivity index (χ4n) is 5.82. The zero-order valence-corrected chi connectivity index (χ0v) is 26.6. The Balaban J connectivity index is 0.00000387. The topological polar surface area (TPSA) is 79.4 Å². The quantitative estimate of drug-likeness (QED) is 0.493. The number of benzene rings is 2. The number of halogens is 3. The minimum atomic E-state index is -1.74. The van der Waals surface area contributed by atoms with Crippen molar-refractivity contribution < 1.29 is 14.7 Å². The molecule has 12 heteroatoms. The van der Waals surface area contributed by atoms with Gasteiger partial charge in [-0.2, -0.15) is 13.5 Å². The van der Waals surface area contributed by atoms with Gasteiger partial charge in [0.05, 0.1) is 16.6 Å². The zero-order chi connectivity index (χ0) is 28.6. The van der Waals surface area contributed by atoms with Gasteiger partial charge in [0.25, 0.3) is 11.8 Å². The van der Waals surface area contributed by atoms with E-state index < -0.39 is 5.60 Å². The predicted molar refractivity (Wildman–Crippen MR) is 170 cm³/mol. The summed E-state index contributed by atoms with van der Waals surface area (Å²) in [6.07, 6.45) is 1.68. The number of nitrogens with zero attached hydrogens (tertiary/aromatic N) is 4. The second-order valence-corrected chi connectivity index (χ2v) is 12.6. The molecule has 3 aliphatic rings. The summed E-state index contributed by atoms with van der Waals surface area (Å²) in [6, 6.07) is 11.0. The number of carbonyl (C=O) groups is 2. The maximum Gasteiger partial charge on any atom is 0.258 e. The standard InChI is InChI=1S/C29H36Cl3N5O3.H2S/c1-29(40,24-15-19(30)3-6-25(24)31)28(39)36-9-7-22(8-10-36)37-17-21(18-37)33-20-4-5-23(26(32)16-20)27(38)35-13-11-34(2)12-14-35;/h3-6,15-16,21-22,33,40H,7-14,17-18H2,1-2H3;1H2/t29-;/m0./s1. The van der Waals surface area contributed by atoms with Gasteiger partial charge in [0.15, 0.2) is 5.60 Å². The Morgan fingerprint density at radius 2 is 1.56 bits per heavy atom. The van der Waals surface area contributed by atoms with Gasteiger partial charge in [-0.15, -0.1) is 0 Å². The molecule has 0 unspecified atom stereocenters. The van der Waals surface area contributed by atoms with Gasteiger partial charge in [-0.05, 0) is 63.2 Å². The van der Waals surface area contributed by atoms with E-state index in [2.05, 4.69) is 22.2 Å². The predicted octanol–water partition coefficient (Wildman–Crippen LogP) is 4.14. The number of amides is 2. The minimum absolute atomic E-state index is 0. The Hall–Kier alpha value is -1.72. The number of nitrogens with one attached hydrogen (secondary N) is 1. The highest BCUT2D eigenvalue weighted by atomic mass is 35.5. The van der Waals surface area contributed by atoms with Crippen molar-refractivity contribution >= 4 is 65.8 Å². The summed E-state index contributed by atoms with van der Waals surface area (Å²) < 4.78 is 0. The third kappa shape index (κ3) is 7.09. The number of hydrogen-bond donors (Lipinski definition) is 2. The summed E-state index contributed by atoms with van der Waals surface area (Å²) in [5.74, 6) is -0.369. The van der Waals surface area contributed by atoms with Crippen LogP contribution in [-0.2, 0) is 10.4 Å². The van der Waals surface area contributed by atoms with Gasteiger partial charge < -0.3 is 25.1 Å². The molecule has 8 nitrogen and oxygen atoms in total. The van der Waals surface area contributed by atoms with Crippen molar-refractivity contribution in [2.45, 2.75) is 37.5 Å². The first-order valence-electron chi connectivity index (χ1n) is 13.8. The van der Waals surface area contributed by atoms with Crippen LogP contribution in [0.3, 0.4) is 0 Å². The number of rotatable bonds is 6. The van der Waals surface area contributed by atoms with Crippen molar-refractivity contribution in [2.75, 3.05) is 64.7 Å². The lowest BCUT2D eigenvalue weighted by molar-refractivity contribution is -0.152. The first-order chi connectivity index (χ1) is 19.0. The highest BCUT2D eigenvalue weighted by molar-refractivity contribution is 7.59. The van der Waals surface area contributed by atoms with Crippen molar-refractivity contribution in [3.05, 3.63) is 62.6 Å². The van der Waals surface area contributed by atoms with E-state index >= 15 is 0 Å². The molecule has 0 aromatic heterocycles. The molecule has 224 valence electrons. The van der Waals surface area contributed by atoms with Gasteiger partial charge in [0.2, 0.25) is 0 Å². The molecule has 2 N–H and O–H groups in total. The van der Waals surface area contributed by atoms with Crippen molar-refractivity contribution in [1.29, 1.82) is 0 Å². The molecular formula is C29H38Cl3N5O3S. The van der Waals surface area contributed by atoms with Crippen molar-refractivity contribution in [3.8, 4) is 0 Å². The van der Waals surface area contributed by atoms with E-state index in [-0.39, 0.29) is 25.3 Å². The molecule has 0 aliphatic carbocycles. The van der Waals surface area contributed by atoms with E-state index in [1.807, 2.05) is 23.1 Å². The average molecular weight is 643 g/mol. The smallest absolute Gasteiger partial charge is 0.258 e. The maximum atomic E-state index is 13.2. The highest BCUT2D eigenvalue weighted by Gasteiger charge is 2.41. The Bertz CT molecular complexity index is 1260. The van der Waals surface area contributed by atoms with Crippen LogP contribution in [0.5, 0.6) is 0 Å². The minimum Gasteiger partial charge on any atom is -0.380 e. The third-order valence-electron chi connectivity index (χ3n) is 8.41. The second-order valence-electron chi connectivity index (χ2n) is 11.3. The molecule has 3 fully saturated rings. The van der Waals surface area contributed by atoms with Crippen LogP contribution >= 0.6 is 48.3 Å². The molecule has 0 saturated carbocycles. The molecule has 2 aromatic rings. The summed E-state index contributed by atoms with van der Waals surface area (Å²) >= 11 is 18.9. The van der Waals surface area contributed by atoms with E-state index in [0.29, 0.717) is 64.5 Å². The van der Waals surface area contributed by atoms with Crippen LogP contribution in [0.1, 0.15) is 35.7 Å². The molecule has 3 aliphatic heterocycles. The number of likely N-dealkylation sites (N-methyl/N-ethyl adjacent to an activating group) is 1. The van der Waals surface area contributed by atoms with E-state index in [0.717, 1.165) is 44.7 Å². The fourth-order valence-corrected chi connectivity index (χ4v) is 6.56. The number of likely N-dealkylation sites (tertiary alicyclic amines) is 2. The number of piperidine rings is 1. The average Bonchev–Trinajstić information content (AvgIpc) is 2.91. The number of carbonyl (C=O) groups excluding carboxylic acids is 2. The van der Waals surface area contributed by atoms with Crippen LogP contribution in [0, 0.1) is 0 Å². The monoisotopic (exact) mass is 641 g/mol. The Labute approximate surface area is 263 Å². The van der Waals surface area contributed by atoms with Gasteiger partial charge in [-0.1, -0.05) is 34.8 Å². The zero-order valence-electron chi connectivity index (χ0n) is 23.4. The second kappa shape index (κ2) is 13.3. The van der Waals surface area contributed by atoms with Gasteiger partial charge in [-0.3, -0.25) is 14.5 Å². The highest BCUT2D eigenvalue weighted by Crippen LogP contribution is 2.34. The van der Waals surface area contributed by atoms with Gasteiger partial charge in [0, 0.05) is 79.7 Å². The molecule has 2 aromatic carbocycles. The molecule has 0 spiro atoms. The lowest BCUT2D eigenvalue weighted by Crippen LogP contribution is -2.61. The Morgan fingerprint density at radius 1 is 0.902 bits per heavy atom. The summed E-state index contributed by atoms with van der Waals surface area (Å²) in [5.41, 5.74) is 0.0334. The molecule has 3 saturated heterocycles.